The van der Waals surface area contributed by atoms with Crippen LogP contribution in [0.15, 0.2) is 0 Å². The zero-order valence-electron chi connectivity index (χ0n) is 21.4. The van der Waals surface area contributed by atoms with E-state index in [4.69, 9.17) is 0 Å². The van der Waals surface area contributed by atoms with E-state index < -0.39 is 0 Å². The molecule has 7 saturated carbocycles. The van der Waals surface area contributed by atoms with Gasteiger partial charge in [0.05, 0.1) is 0 Å². The molecule has 0 bridgehead atoms. The molecule has 0 aromatic heterocycles. The predicted molar refractivity (Wildman–Crippen MR) is 134 cm³/mol. The highest BCUT2D eigenvalue weighted by atomic mass is 14.8. The molecule has 0 aliphatic heterocycles. The van der Waals surface area contributed by atoms with E-state index in [1.165, 1.54) is 6.42 Å². The number of hydrogen-bond acceptors (Lipinski definition) is 0. The fourth-order valence-electron chi connectivity index (χ4n) is 13.9. The molecule has 7 rings (SSSR count). The fraction of sp³-hybridized carbons (Fsp3) is 1.00. The Hall–Kier alpha value is 0. The Morgan fingerprint density at radius 2 is 1.19 bits per heavy atom. The van der Waals surface area contributed by atoms with Crippen molar-refractivity contribution in [3.63, 3.8) is 0 Å². The normalized spacial score (nSPS) is 57.4. The van der Waals surface area contributed by atoms with E-state index in [0.717, 1.165) is 76.4 Å². The second-order valence-electron chi connectivity index (χ2n) is 14.4. The summed E-state index contributed by atoms with van der Waals surface area (Å²) in [5, 5.41) is 0. The molecule has 7 aliphatic rings. The van der Waals surface area contributed by atoms with Gasteiger partial charge in [-0.1, -0.05) is 90.9 Å². The maximum Gasteiger partial charge on any atom is -0.0171 e. The summed E-state index contributed by atoms with van der Waals surface area (Å²) < 4.78 is 0. The van der Waals surface area contributed by atoms with Gasteiger partial charge in [-0.25, -0.2) is 0 Å². The minimum atomic E-state index is 0.778. The Kier molecular flexibility index (Phi) is 5.33. The molecule has 0 aromatic carbocycles. The largest absolute Gasteiger partial charge is 0.0651 e. The lowest BCUT2D eigenvalue weighted by atomic mass is 9.33. The Morgan fingerprint density at radius 1 is 0.594 bits per heavy atom. The van der Waals surface area contributed by atoms with E-state index in [9.17, 15) is 0 Å². The van der Waals surface area contributed by atoms with Crippen molar-refractivity contribution in [1.29, 1.82) is 0 Å². The first-order valence-corrected chi connectivity index (χ1v) is 15.8. The summed E-state index contributed by atoms with van der Waals surface area (Å²) in [7, 11) is 0. The highest BCUT2D eigenvalue weighted by Gasteiger charge is 2.73. The Morgan fingerprint density at radius 3 is 1.94 bits per heavy atom. The molecule has 0 N–H and O–H groups in total. The average Bonchev–Trinajstić information content (AvgIpc) is 3.10. The van der Waals surface area contributed by atoms with Gasteiger partial charge in [0.25, 0.3) is 0 Å². The molecule has 7 aliphatic carbocycles. The van der Waals surface area contributed by atoms with E-state index >= 15 is 0 Å². The van der Waals surface area contributed by atoms with Gasteiger partial charge in [0, 0.05) is 0 Å². The van der Waals surface area contributed by atoms with Gasteiger partial charge in [-0.15, -0.1) is 0 Å². The first kappa shape index (κ1) is 21.3. The van der Waals surface area contributed by atoms with Gasteiger partial charge in [-0.2, -0.15) is 0 Å². The molecule has 1 spiro atoms. The van der Waals surface area contributed by atoms with Crippen LogP contribution in [0.5, 0.6) is 0 Å². The molecule has 0 saturated heterocycles. The minimum Gasteiger partial charge on any atom is -0.0651 e. The van der Waals surface area contributed by atoms with E-state index in [-0.39, 0.29) is 0 Å². The van der Waals surface area contributed by atoms with Crippen LogP contribution >= 0.6 is 0 Å². The van der Waals surface area contributed by atoms with Gasteiger partial charge in [0.2, 0.25) is 0 Å². The SMILES string of the molecule is CCC1C2CCCC3CC4CCCC5C(C6CCCCC6)C6CCCCC6C(C1C)(C32)C45. The van der Waals surface area contributed by atoms with Crippen LogP contribution in [0.3, 0.4) is 0 Å². The first-order chi connectivity index (χ1) is 15.8. The van der Waals surface area contributed by atoms with Gasteiger partial charge in [0.1, 0.15) is 0 Å². The van der Waals surface area contributed by atoms with Gasteiger partial charge >= 0.3 is 0 Å². The molecule has 0 amide bonds. The Labute approximate surface area is 199 Å². The van der Waals surface area contributed by atoms with Crippen molar-refractivity contribution in [2.45, 2.75) is 123 Å². The van der Waals surface area contributed by atoms with Crippen LogP contribution in [0.4, 0.5) is 0 Å². The van der Waals surface area contributed by atoms with E-state index in [1.54, 1.807) is 103 Å². The zero-order valence-corrected chi connectivity index (χ0v) is 21.4. The molecular formula is C32H52. The van der Waals surface area contributed by atoms with Gasteiger partial charge < -0.3 is 0 Å². The Bertz CT molecular complexity index is 688. The lowest BCUT2D eigenvalue weighted by Gasteiger charge is -2.71. The van der Waals surface area contributed by atoms with Crippen LogP contribution < -0.4 is 0 Å². The van der Waals surface area contributed by atoms with Crippen molar-refractivity contribution in [2.24, 2.45) is 76.4 Å². The van der Waals surface area contributed by atoms with Crippen molar-refractivity contribution in [3.05, 3.63) is 0 Å². The van der Waals surface area contributed by atoms with Crippen LogP contribution in [-0.4, -0.2) is 0 Å². The van der Waals surface area contributed by atoms with Crippen molar-refractivity contribution < 1.29 is 0 Å². The van der Waals surface area contributed by atoms with Gasteiger partial charge in [-0.05, 0) is 109 Å². The maximum atomic E-state index is 2.85. The molecular weight excluding hydrogens is 384 g/mol. The number of hydrogen-bond donors (Lipinski definition) is 0. The molecule has 12 unspecified atom stereocenters. The molecule has 0 nitrogen and oxygen atoms in total. The van der Waals surface area contributed by atoms with Crippen LogP contribution in [0.25, 0.3) is 0 Å². The quantitative estimate of drug-likeness (QED) is 0.405. The van der Waals surface area contributed by atoms with E-state index in [2.05, 4.69) is 13.8 Å². The Balaban J connectivity index is 1.39. The summed E-state index contributed by atoms with van der Waals surface area (Å²) in [5.74, 6) is 13.4. The fourth-order valence-corrected chi connectivity index (χ4v) is 13.9. The van der Waals surface area contributed by atoms with E-state index in [1.807, 2.05) is 0 Å². The molecule has 0 aromatic rings. The molecule has 7 fully saturated rings. The summed E-state index contributed by atoms with van der Waals surface area (Å²) in [5.41, 5.74) is 0.778. The minimum absolute atomic E-state index is 0.778. The van der Waals surface area contributed by atoms with Crippen molar-refractivity contribution in [2.75, 3.05) is 0 Å². The van der Waals surface area contributed by atoms with Crippen LogP contribution in [0.1, 0.15) is 123 Å². The highest BCUT2D eigenvalue weighted by Crippen LogP contribution is 2.79. The number of fused-ring (bicyclic) bond motifs is 1. The smallest absolute Gasteiger partial charge is 0.0171 e. The van der Waals surface area contributed by atoms with Gasteiger partial charge in [-0.3, -0.25) is 0 Å². The summed E-state index contributed by atoms with van der Waals surface area (Å²) in [6.07, 6.45) is 27.1. The standard InChI is InChI=1S/C32H52/c1-3-24-20(2)32-28-18-8-7-15-26(28)29(21-11-5-4-6-12-21)27-17-10-14-23(31(27)32)19-22-13-9-16-25(24)30(22)32/h20-31H,3-19H2,1-2H3. The third-order valence-electron chi connectivity index (χ3n) is 14.0. The monoisotopic (exact) mass is 436 g/mol. The molecule has 0 heteroatoms. The molecule has 0 radical (unpaired) electrons. The summed E-state index contributed by atoms with van der Waals surface area (Å²) in [6, 6.07) is 0. The van der Waals surface area contributed by atoms with Crippen molar-refractivity contribution >= 4 is 0 Å². The van der Waals surface area contributed by atoms with Gasteiger partial charge in [0.15, 0.2) is 0 Å². The van der Waals surface area contributed by atoms with Crippen molar-refractivity contribution in [1.82, 2.24) is 0 Å². The van der Waals surface area contributed by atoms with Crippen LogP contribution in [0, 0.1) is 76.4 Å². The third-order valence-corrected chi connectivity index (χ3v) is 14.0. The first-order valence-electron chi connectivity index (χ1n) is 15.8. The van der Waals surface area contributed by atoms with Crippen LogP contribution in [0.2, 0.25) is 0 Å². The average molecular weight is 437 g/mol. The predicted octanol–water partition coefficient (Wildman–Crippen LogP) is 9.13. The third kappa shape index (κ3) is 2.68. The molecule has 32 heavy (non-hydrogen) atoms. The summed E-state index contributed by atoms with van der Waals surface area (Å²) in [4.78, 5) is 0. The second kappa shape index (κ2) is 8.01. The topological polar surface area (TPSA) is 0 Å². The zero-order chi connectivity index (χ0) is 21.4. The molecule has 12 atom stereocenters. The lowest BCUT2D eigenvalue weighted by molar-refractivity contribution is -0.234. The lowest BCUT2D eigenvalue weighted by Crippen LogP contribution is -2.66. The van der Waals surface area contributed by atoms with Crippen molar-refractivity contribution in [3.8, 4) is 0 Å². The number of rotatable bonds is 2. The highest BCUT2D eigenvalue weighted by molar-refractivity contribution is 5.21. The van der Waals surface area contributed by atoms with E-state index in [0.29, 0.717) is 0 Å². The summed E-state index contributed by atoms with van der Waals surface area (Å²) >= 11 is 0. The van der Waals surface area contributed by atoms with Crippen LogP contribution in [-0.2, 0) is 0 Å². The molecule has 0 heterocycles. The second-order valence-corrected chi connectivity index (χ2v) is 14.4. The molecule has 180 valence electrons. The summed E-state index contributed by atoms with van der Waals surface area (Å²) in [6.45, 7) is 5.44. The maximum absolute atomic E-state index is 2.85.